The van der Waals surface area contributed by atoms with Crippen LogP contribution in [0.1, 0.15) is 58.0 Å². The van der Waals surface area contributed by atoms with E-state index < -0.39 is 17.9 Å². The van der Waals surface area contributed by atoms with Crippen LogP contribution >= 0.6 is 11.6 Å². The number of hydrogen-bond acceptors (Lipinski definition) is 4. The predicted octanol–water partition coefficient (Wildman–Crippen LogP) is 4.51. The van der Waals surface area contributed by atoms with Crippen molar-refractivity contribution in [2.24, 2.45) is 5.73 Å². The van der Waals surface area contributed by atoms with Gasteiger partial charge in [-0.2, -0.15) is 0 Å². The molecule has 1 unspecified atom stereocenters. The molecule has 0 bridgehead atoms. The topological polar surface area (TPSA) is 96.5 Å². The second-order valence-electron chi connectivity index (χ2n) is 8.41. The highest BCUT2D eigenvalue weighted by atomic mass is 35.5. The molecule has 4 rings (SSSR count). The fourth-order valence-corrected chi connectivity index (χ4v) is 4.99. The first-order chi connectivity index (χ1) is 15.3. The molecule has 0 spiro atoms. The molecule has 0 aliphatic heterocycles. The van der Waals surface area contributed by atoms with Gasteiger partial charge >= 0.3 is 5.97 Å². The SMILES string of the molecule is CN(Cc1ccccc1)C(CC(N)=O)c1cc(C(=O)O)cc2nc3c(c(Cl)c12)CCCC3. The molecular formula is C25H26ClN3O3. The van der Waals surface area contributed by atoms with Gasteiger partial charge in [-0.25, -0.2) is 4.79 Å². The summed E-state index contributed by atoms with van der Waals surface area (Å²) in [5.74, 6) is -1.52. The van der Waals surface area contributed by atoms with Crippen LogP contribution in [0.2, 0.25) is 5.02 Å². The maximum atomic E-state index is 12.0. The highest BCUT2D eigenvalue weighted by molar-refractivity contribution is 6.36. The largest absolute Gasteiger partial charge is 0.478 e. The third-order valence-corrected chi connectivity index (χ3v) is 6.55. The van der Waals surface area contributed by atoms with Gasteiger partial charge in [-0.05, 0) is 61.6 Å². The predicted molar refractivity (Wildman–Crippen MR) is 125 cm³/mol. The van der Waals surface area contributed by atoms with Crippen molar-refractivity contribution in [3.8, 4) is 0 Å². The van der Waals surface area contributed by atoms with Crippen LogP contribution in [0, 0.1) is 0 Å². The number of aryl methyl sites for hydroxylation is 1. The normalized spacial score (nSPS) is 14.3. The van der Waals surface area contributed by atoms with Crippen LogP contribution in [0.5, 0.6) is 0 Å². The molecule has 3 N–H and O–H groups in total. The molecule has 1 aliphatic carbocycles. The molecule has 7 heteroatoms. The zero-order chi connectivity index (χ0) is 22.8. The Hall–Kier alpha value is -2.96. The van der Waals surface area contributed by atoms with Gasteiger partial charge in [-0.1, -0.05) is 41.9 Å². The third kappa shape index (κ3) is 4.47. The second kappa shape index (κ2) is 9.27. The van der Waals surface area contributed by atoms with Crippen LogP contribution in [0.25, 0.3) is 10.9 Å². The highest BCUT2D eigenvalue weighted by Crippen LogP contribution is 2.39. The molecule has 0 saturated carbocycles. The van der Waals surface area contributed by atoms with E-state index in [-0.39, 0.29) is 12.0 Å². The van der Waals surface area contributed by atoms with E-state index >= 15 is 0 Å². The number of aromatic carboxylic acids is 1. The summed E-state index contributed by atoms with van der Waals surface area (Å²) in [4.78, 5) is 30.8. The Bertz CT molecular complexity index is 1180. The molecule has 0 radical (unpaired) electrons. The number of halogens is 1. The molecular weight excluding hydrogens is 426 g/mol. The summed E-state index contributed by atoms with van der Waals surface area (Å²) >= 11 is 6.92. The number of pyridine rings is 1. The summed E-state index contributed by atoms with van der Waals surface area (Å²) in [5.41, 5.74) is 10.00. The van der Waals surface area contributed by atoms with E-state index in [2.05, 4.69) is 0 Å². The van der Waals surface area contributed by atoms with Gasteiger partial charge < -0.3 is 10.8 Å². The average molecular weight is 452 g/mol. The molecule has 6 nitrogen and oxygen atoms in total. The second-order valence-corrected chi connectivity index (χ2v) is 8.79. The molecule has 1 aromatic heterocycles. The number of primary amides is 1. The van der Waals surface area contributed by atoms with Crippen molar-refractivity contribution >= 4 is 34.4 Å². The zero-order valence-corrected chi connectivity index (χ0v) is 18.7. The van der Waals surface area contributed by atoms with E-state index in [1.807, 2.05) is 42.3 Å². The van der Waals surface area contributed by atoms with Gasteiger partial charge in [0.1, 0.15) is 0 Å². The minimum absolute atomic E-state index is 0.0366. The fourth-order valence-electron chi connectivity index (χ4n) is 4.58. The maximum absolute atomic E-state index is 12.0. The number of hydrogen-bond donors (Lipinski definition) is 2. The van der Waals surface area contributed by atoms with Gasteiger partial charge in [0.15, 0.2) is 0 Å². The molecule has 1 amide bonds. The number of carbonyl (C=O) groups is 2. The summed E-state index contributed by atoms with van der Waals surface area (Å²) < 4.78 is 0. The van der Waals surface area contributed by atoms with Gasteiger partial charge in [0, 0.05) is 30.1 Å². The Balaban J connectivity index is 1.91. The number of nitrogens with two attached hydrogens (primary N) is 1. The lowest BCUT2D eigenvalue weighted by Crippen LogP contribution is -2.29. The Labute approximate surface area is 192 Å². The van der Waals surface area contributed by atoms with E-state index in [1.165, 1.54) is 0 Å². The van der Waals surface area contributed by atoms with Crippen LogP contribution in [-0.2, 0) is 24.2 Å². The maximum Gasteiger partial charge on any atom is 0.335 e. The smallest absolute Gasteiger partial charge is 0.335 e. The van der Waals surface area contributed by atoms with E-state index in [0.29, 0.717) is 28.0 Å². The first-order valence-corrected chi connectivity index (χ1v) is 11.1. The van der Waals surface area contributed by atoms with Crippen LogP contribution in [0.3, 0.4) is 0 Å². The number of amides is 1. The van der Waals surface area contributed by atoms with Gasteiger partial charge in [0.05, 0.1) is 16.1 Å². The lowest BCUT2D eigenvalue weighted by atomic mass is 9.90. The monoisotopic (exact) mass is 451 g/mol. The molecule has 32 heavy (non-hydrogen) atoms. The quantitative estimate of drug-likeness (QED) is 0.550. The van der Waals surface area contributed by atoms with Crippen molar-refractivity contribution in [1.29, 1.82) is 0 Å². The first-order valence-electron chi connectivity index (χ1n) is 10.8. The lowest BCUT2D eigenvalue weighted by molar-refractivity contribution is -0.119. The molecule has 0 fully saturated rings. The Morgan fingerprint density at radius 3 is 2.59 bits per heavy atom. The number of rotatable bonds is 7. The minimum atomic E-state index is -1.05. The standard InChI is InChI=1S/C25H26ClN3O3/c1-29(14-15-7-3-2-4-8-15)21(13-22(27)30)18-11-16(25(31)32)12-20-23(18)24(26)17-9-5-6-10-19(17)28-20/h2-4,7-8,11-12,21H,5-6,9-10,13-14H2,1H3,(H2,27,30)(H,31,32). The molecule has 1 aliphatic rings. The van der Waals surface area contributed by atoms with Gasteiger partial charge in [-0.3, -0.25) is 14.7 Å². The Morgan fingerprint density at radius 1 is 1.19 bits per heavy atom. The summed E-state index contributed by atoms with van der Waals surface area (Å²) in [6, 6.07) is 12.6. The zero-order valence-electron chi connectivity index (χ0n) is 18.0. The van der Waals surface area contributed by atoms with Crippen molar-refractivity contribution in [1.82, 2.24) is 9.88 Å². The van der Waals surface area contributed by atoms with Gasteiger partial charge in [0.25, 0.3) is 0 Å². The van der Waals surface area contributed by atoms with E-state index in [1.54, 1.807) is 12.1 Å². The number of benzene rings is 2. The Morgan fingerprint density at radius 2 is 1.91 bits per heavy atom. The third-order valence-electron chi connectivity index (χ3n) is 6.13. The molecule has 166 valence electrons. The summed E-state index contributed by atoms with van der Waals surface area (Å²) in [6.07, 6.45) is 3.79. The first kappa shape index (κ1) is 22.2. The summed E-state index contributed by atoms with van der Waals surface area (Å²) in [6.45, 7) is 0.563. The lowest BCUT2D eigenvalue weighted by Gasteiger charge is -2.30. The summed E-state index contributed by atoms with van der Waals surface area (Å²) in [7, 11) is 1.90. The Kier molecular flexibility index (Phi) is 6.44. The number of fused-ring (bicyclic) bond motifs is 2. The highest BCUT2D eigenvalue weighted by Gasteiger charge is 2.27. The van der Waals surface area contributed by atoms with Crippen molar-refractivity contribution in [2.75, 3.05) is 7.05 Å². The molecule has 1 heterocycles. The molecule has 1 atom stereocenters. The summed E-state index contributed by atoms with van der Waals surface area (Å²) in [5, 5.41) is 11.1. The van der Waals surface area contributed by atoms with Gasteiger partial charge in [0.2, 0.25) is 5.91 Å². The van der Waals surface area contributed by atoms with Crippen LogP contribution in [-0.4, -0.2) is 33.9 Å². The van der Waals surface area contributed by atoms with Crippen molar-refractivity contribution in [2.45, 2.75) is 44.7 Å². The van der Waals surface area contributed by atoms with E-state index in [0.717, 1.165) is 42.5 Å². The van der Waals surface area contributed by atoms with Crippen molar-refractivity contribution in [3.63, 3.8) is 0 Å². The average Bonchev–Trinajstić information content (AvgIpc) is 2.77. The van der Waals surface area contributed by atoms with Crippen LogP contribution in [0.15, 0.2) is 42.5 Å². The number of aromatic nitrogens is 1. The van der Waals surface area contributed by atoms with Crippen LogP contribution < -0.4 is 5.73 Å². The minimum Gasteiger partial charge on any atom is -0.478 e. The van der Waals surface area contributed by atoms with Crippen molar-refractivity contribution < 1.29 is 14.7 Å². The number of carboxylic acids is 1. The number of carboxylic acid groups (broad SMARTS) is 1. The molecule has 3 aromatic rings. The molecule has 2 aromatic carbocycles. The van der Waals surface area contributed by atoms with E-state index in [4.69, 9.17) is 22.3 Å². The van der Waals surface area contributed by atoms with Gasteiger partial charge in [-0.15, -0.1) is 0 Å². The number of carbonyl (C=O) groups excluding carboxylic acids is 1. The molecule has 0 saturated heterocycles. The number of nitrogens with zero attached hydrogens (tertiary/aromatic N) is 2. The van der Waals surface area contributed by atoms with E-state index in [9.17, 15) is 14.7 Å². The van der Waals surface area contributed by atoms with Crippen molar-refractivity contribution in [3.05, 3.63) is 75.4 Å². The fraction of sp³-hybridized carbons (Fsp3) is 0.320. The van der Waals surface area contributed by atoms with Crippen LogP contribution in [0.4, 0.5) is 0 Å².